The lowest BCUT2D eigenvalue weighted by atomic mass is 10.2. The van der Waals surface area contributed by atoms with Gasteiger partial charge < -0.3 is 9.67 Å². The molecule has 4 nitrogen and oxygen atoms in total. The molecule has 0 fully saturated rings. The summed E-state index contributed by atoms with van der Waals surface area (Å²) < 4.78 is 53.0. The van der Waals surface area contributed by atoms with Gasteiger partial charge in [0, 0.05) is 11.9 Å². The lowest BCUT2D eigenvalue weighted by Crippen LogP contribution is -2.12. The van der Waals surface area contributed by atoms with Crippen LogP contribution in [-0.2, 0) is 12.7 Å². The molecule has 8 heteroatoms. The van der Waals surface area contributed by atoms with Gasteiger partial charge in [-0.3, -0.25) is 0 Å². The van der Waals surface area contributed by atoms with Crippen molar-refractivity contribution in [3.8, 4) is 0 Å². The molecule has 1 N–H and O–H groups in total. The Balaban J connectivity index is 2.18. The van der Waals surface area contributed by atoms with E-state index in [9.17, 15) is 27.5 Å². The zero-order valence-corrected chi connectivity index (χ0v) is 12.0. The normalized spacial score (nSPS) is 11.8. The molecule has 3 aromatic rings. The lowest BCUT2D eigenvalue weighted by molar-refractivity contribution is -0.141. The number of nitrogens with zero attached hydrogens (tertiary/aromatic N) is 2. The first-order valence-corrected chi connectivity index (χ1v) is 6.81. The fourth-order valence-electron chi connectivity index (χ4n) is 2.44. The Morgan fingerprint density at radius 1 is 1.17 bits per heavy atom. The predicted molar refractivity (Wildman–Crippen MR) is 77.2 cm³/mol. The summed E-state index contributed by atoms with van der Waals surface area (Å²) in [6, 6.07) is 8.59. The van der Waals surface area contributed by atoms with Crippen LogP contribution in [0, 0.1) is 5.82 Å². The summed E-state index contributed by atoms with van der Waals surface area (Å²) in [6.07, 6.45) is -4.65. The lowest BCUT2D eigenvalue weighted by Gasteiger charge is -2.10. The second kappa shape index (κ2) is 5.63. The molecular formula is C16H10F4N2O2. The zero-order chi connectivity index (χ0) is 17.5. The van der Waals surface area contributed by atoms with Crippen LogP contribution in [0.25, 0.3) is 11.0 Å². The molecule has 2 heterocycles. The quantitative estimate of drug-likeness (QED) is 0.736. The molecule has 0 atom stereocenters. The van der Waals surface area contributed by atoms with E-state index in [1.165, 1.54) is 30.3 Å². The minimum Gasteiger partial charge on any atom is -0.477 e. The van der Waals surface area contributed by atoms with Gasteiger partial charge in [-0.15, -0.1) is 0 Å². The number of carboxylic acids is 1. The van der Waals surface area contributed by atoms with Crippen molar-refractivity contribution >= 4 is 17.0 Å². The number of pyridine rings is 1. The van der Waals surface area contributed by atoms with Crippen LogP contribution >= 0.6 is 0 Å². The molecule has 0 spiro atoms. The molecule has 0 amide bonds. The van der Waals surface area contributed by atoms with E-state index >= 15 is 0 Å². The number of hydrogen-bond donors (Lipinski definition) is 1. The average Bonchev–Trinajstić information content (AvgIpc) is 2.85. The molecule has 0 unspecified atom stereocenters. The Morgan fingerprint density at radius 2 is 1.92 bits per heavy atom. The largest absolute Gasteiger partial charge is 0.477 e. The number of halogens is 4. The molecule has 0 aliphatic carbocycles. The fourth-order valence-corrected chi connectivity index (χ4v) is 2.44. The Labute approximate surface area is 133 Å². The highest BCUT2D eigenvalue weighted by molar-refractivity contribution is 5.93. The molecule has 0 aliphatic rings. The first-order valence-electron chi connectivity index (χ1n) is 6.81. The van der Waals surface area contributed by atoms with Crippen LogP contribution in [-0.4, -0.2) is 20.6 Å². The van der Waals surface area contributed by atoms with Crippen molar-refractivity contribution in [1.29, 1.82) is 0 Å². The molecule has 0 saturated heterocycles. The summed E-state index contributed by atoms with van der Waals surface area (Å²) in [7, 11) is 0. The predicted octanol–water partition coefficient (Wildman–Crippen LogP) is 3.94. The smallest absolute Gasteiger partial charge is 0.433 e. The van der Waals surface area contributed by atoms with E-state index < -0.39 is 23.7 Å². The third-order valence-electron chi connectivity index (χ3n) is 3.48. The van der Waals surface area contributed by atoms with Crippen molar-refractivity contribution < 1.29 is 27.5 Å². The highest BCUT2D eigenvalue weighted by Gasteiger charge is 2.33. The molecular weight excluding hydrogens is 328 g/mol. The first-order chi connectivity index (χ1) is 11.3. The van der Waals surface area contributed by atoms with Crippen molar-refractivity contribution in [3.63, 3.8) is 0 Å². The van der Waals surface area contributed by atoms with E-state index in [1.54, 1.807) is 6.07 Å². The SMILES string of the molecule is O=C(O)c1cc2ccc(C(F)(F)F)nc2n1Cc1cccc(F)c1. The van der Waals surface area contributed by atoms with Crippen molar-refractivity contribution in [2.24, 2.45) is 0 Å². The zero-order valence-electron chi connectivity index (χ0n) is 12.0. The fraction of sp³-hybridized carbons (Fsp3) is 0.125. The van der Waals surface area contributed by atoms with Crippen LogP contribution in [0.15, 0.2) is 42.5 Å². The van der Waals surface area contributed by atoms with Crippen molar-refractivity contribution in [2.45, 2.75) is 12.7 Å². The summed E-state index contributed by atoms with van der Waals surface area (Å²) in [5.74, 6) is -1.83. The standard InChI is InChI=1S/C16H10F4N2O2/c17-11-3-1-2-9(6-11)8-22-12(15(23)24)7-10-4-5-13(16(18,19)20)21-14(10)22/h1-7H,8H2,(H,23,24). The van der Waals surface area contributed by atoms with Gasteiger partial charge >= 0.3 is 12.1 Å². The maximum Gasteiger partial charge on any atom is 0.433 e. The number of alkyl halides is 3. The number of aromatic nitrogens is 2. The molecule has 2 aromatic heterocycles. The molecule has 1 aromatic carbocycles. The average molecular weight is 338 g/mol. The highest BCUT2D eigenvalue weighted by Crippen LogP contribution is 2.30. The molecule has 0 radical (unpaired) electrons. The molecule has 0 aliphatic heterocycles. The second-order valence-electron chi connectivity index (χ2n) is 5.16. The number of benzene rings is 1. The molecule has 24 heavy (non-hydrogen) atoms. The maximum absolute atomic E-state index is 13.3. The van der Waals surface area contributed by atoms with E-state index in [4.69, 9.17) is 0 Å². The van der Waals surface area contributed by atoms with Crippen molar-refractivity contribution in [1.82, 2.24) is 9.55 Å². The van der Waals surface area contributed by atoms with E-state index in [0.29, 0.717) is 5.56 Å². The van der Waals surface area contributed by atoms with E-state index in [0.717, 1.165) is 10.6 Å². The Morgan fingerprint density at radius 3 is 2.54 bits per heavy atom. The number of aromatic carboxylic acids is 1. The van der Waals surface area contributed by atoms with Gasteiger partial charge in [0.15, 0.2) is 0 Å². The van der Waals surface area contributed by atoms with Crippen molar-refractivity contribution in [2.75, 3.05) is 0 Å². The maximum atomic E-state index is 13.3. The number of fused-ring (bicyclic) bond motifs is 1. The highest BCUT2D eigenvalue weighted by atomic mass is 19.4. The summed E-state index contributed by atoms with van der Waals surface area (Å²) >= 11 is 0. The van der Waals surface area contributed by atoms with Gasteiger partial charge in [-0.1, -0.05) is 12.1 Å². The number of hydrogen-bond acceptors (Lipinski definition) is 2. The van der Waals surface area contributed by atoms with E-state index in [1.807, 2.05) is 0 Å². The van der Waals surface area contributed by atoms with Crippen LogP contribution in [0.4, 0.5) is 17.6 Å². The first kappa shape index (κ1) is 16.0. The van der Waals surface area contributed by atoms with Gasteiger partial charge in [-0.05, 0) is 35.9 Å². The summed E-state index contributed by atoms with van der Waals surface area (Å²) in [4.78, 5) is 14.9. The second-order valence-corrected chi connectivity index (χ2v) is 5.16. The van der Waals surface area contributed by atoms with Gasteiger partial charge in [-0.2, -0.15) is 13.2 Å². The minimum atomic E-state index is -4.65. The summed E-state index contributed by atoms with van der Waals surface area (Å²) in [5.41, 5.74) is -1.05. The molecule has 0 bridgehead atoms. The molecule has 3 rings (SSSR count). The Kier molecular flexibility index (Phi) is 3.75. The third kappa shape index (κ3) is 2.94. The van der Waals surface area contributed by atoms with Gasteiger partial charge in [0.2, 0.25) is 0 Å². The van der Waals surface area contributed by atoms with Gasteiger partial charge in [-0.25, -0.2) is 14.2 Å². The van der Waals surface area contributed by atoms with Crippen LogP contribution < -0.4 is 0 Å². The monoisotopic (exact) mass is 338 g/mol. The number of rotatable bonds is 3. The Hall–Kier alpha value is -2.90. The van der Waals surface area contributed by atoms with Crippen LogP contribution in [0.1, 0.15) is 21.7 Å². The number of carbonyl (C=O) groups is 1. The summed E-state index contributed by atoms with van der Waals surface area (Å²) in [5, 5.41) is 9.54. The molecule has 0 saturated carbocycles. The van der Waals surface area contributed by atoms with Crippen LogP contribution in [0.3, 0.4) is 0 Å². The minimum absolute atomic E-state index is 0.114. The van der Waals surface area contributed by atoms with Gasteiger partial charge in [0.25, 0.3) is 0 Å². The van der Waals surface area contributed by atoms with Gasteiger partial charge in [0.05, 0.1) is 0 Å². The van der Waals surface area contributed by atoms with E-state index in [2.05, 4.69) is 4.98 Å². The number of carboxylic acid groups (broad SMARTS) is 1. The molecule has 124 valence electrons. The van der Waals surface area contributed by atoms with Crippen LogP contribution in [0.5, 0.6) is 0 Å². The third-order valence-corrected chi connectivity index (χ3v) is 3.48. The summed E-state index contributed by atoms with van der Waals surface area (Å²) in [6.45, 7) is -0.114. The van der Waals surface area contributed by atoms with Crippen LogP contribution in [0.2, 0.25) is 0 Å². The van der Waals surface area contributed by atoms with Crippen molar-refractivity contribution in [3.05, 3.63) is 65.2 Å². The van der Waals surface area contributed by atoms with E-state index in [-0.39, 0.29) is 23.3 Å². The topological polar surface area (TPSA) is 55.1 Å². The Bertz CT molecular complexity index is 931. The van der Waals surface area contributed by atoms with Gasteiger partial charge in [0.1, 0.15) is 22.9 Å².